The number of hydrogen-bond donors (Lipinski definition) is 2. The van der Waals surface area contributed by atoms with E-state index in [0.29, 0.717) is 0 Å². The first-order chi connectivity index (χ1) is 9.66. The molecule has 0 amide bonds. The molecule has 0 aliphatic carbocycles. The van der Waals surface area contributed by atoms with E-state index in [1.54, 1.807) is 0 Å². The van der Waals surface area contributed by atoms with Gasteiger partial charge in [0.25, 0.3) is 0 Å². The Morgan fingerprint density at radius 2 is 1.70 bits per heavy atom. The molecule has 1 aromatic rings. The fraction of sp³-hybridized carbons (Fsp3) is 0.667. The smallest absolute Gasteiger partial charge is 0.0896 e. The van der Waals surface area contributed by atoms with Gasteiger partial charge in [0.2, 0.25) is 0 Å². The third-order valence-corrected chi connectivity index (χ3v) is 4.02. The lowest BCUT2D eigenvalue weighted by atomic mass is 9.83. The molecule has 0 fully saturated rings. The van der Waals surface area contributed by atoms with E-state index in [0.717, 1.165) is 63.5 Å². The Bertz CT molecular complexity index is 367. The minimum Gasteiger partial charge on any atom is -0.385 e. The molecular weight excluding hydrogens is 246 g/mol. The average Bonchev–Trinajstić information content (AvgIpc) is 2.49. The van der Waals surface area contributed by atoms with E-state index in [-0.39, 0.29) is 0 Å². The summed E-state index contributed by atoms with van der Waals surface area (Å²) in [5.41, 5.74) is 7.32. The van der Waals surface area contributed by atoms with Crippen LogP contribution in [0.15, 0.2) is 24.3 Å². The second-order valence-corrected chi connectivity index (χ2v) is 5.83. The predicted octanol–water partition coefficient (Wildman–Crippen LogP) is 4.15. The van der Waals surface area contributed by atoms with Crippen molar-refractivity contribution >= 4 is 0 Å². The van der Waals surface area contributed by atoms with E-state index in [1.807, 2.05) is 0 Å². The number of unbranched alkanes of at least 4 members (excludes halogenated alkanes) is 2. The Morgan fingerprint density at radius 1 is 1.05 bits per heavy atom. The van der Waals surface area contributed by atoms with Crippen LogP contribution in [0, 0.1) is 0 Å². The minimum atomic E-state index is -0.648. The zero-order chi connectivity index (χ0) is 14.8. The molecule has 0 unspecified atom stereocenters. The fourth-order valence-electron chi connectivity index (χ4n) is 2.67. The number of aryl methyl sites for hydroxylation is 1. The number of nitrogens with two attached hydrogens (primary N) is 1. The number of rotatable bonds is 10. The normalized spacial score (nSPS) is 11.8. The van der Waals surface area contributed by atoms with E-state index >= 15 is 0 Å². The van der Waals surface area contributed by atoms with Gasteiger partial charge < -0.3 is 10.8 Å². The van der Waals surface area contributed by atoms with Crippen molar-refractivity contribution in [3.8, 4) is 0 Å². The van der Waals surface area contributed by atoms with Crippen LogP contribution in [0.4, 0.5) is 0 Å². The van der Waals surface area contributed by atoms with E-state index in [1.165, 1.54) is 5.56 Å². The highest BCUT2D eigenvalue weighted by Crippen LogP contribution is 2.33. The van der Waals surface area contributed by atoms with Gasteiger partial charge in [0.05, 0.1) is 5.60 Å². The summed E-state index contributed by atoms with van der Waals surface area (Å²) in [7, 11) is 0. The molecule has 3 N–H and O–H groups in total. The summed E-state index contributed by atoms with van der Waals surface area (Å²) in [4.78, 5) is 0. The first-order valence-corrected chi connectivity index (χ1v) is 8.18. The van der Waals surface area contributed by atoms with Crippen LogP contribution in [0.25, 0.3) is 0 Å². The zero-order valence-corrected chi connectivity index (χ0v) is 13.2. The molecule has 20 heavy (non-hydrogen) atoms. The molecular formula is C18H31NO. The molecule has 0 bridgehead atoms. The topological polar surface area (TPSA) is 46.2 Å². The van der Waals surface area contributed by atoms with Crippen LogP contribution in [-0.2, 0) is 12.0 Å². The summed E-state index contributed by atoms with van der Waals surface area (Å²) < 4.78 is 0. The second-order valence-electron chi connectivity index (χ2n) is 5.83. The van der Waals surface area contributed by atoms with Crippen LogP contribution in [-0.4, -0.2) is 11.7 Å². The molecule has 0 spiro atoms. The summed E-state index contributed by atoms with van der Waals surface area (Å²) in [6.07, 6.45) is 8.14. The molecule has 0 aliphatic heterocycles. The standard InChI is InChI=1S/C18H31NO/c1-3-5-12-18(20,13-6-4-2)17-11-7-9-16(15-17)10-8-14-19/h7,9,11,15,20H,3-6,8,10,12-14,19H2,1-2H3. The molecule has 2 nitrogen and oxygen atoms in total. The van der Waals surface area contributed by atoms with Gasteiger partial charge in [-0.05, 0) is 43.4 Å². The zero-order valence-electron chi connectivity index (χ0n) is 13.2. The number of hydrogen-bond acceptors (Lipinski definition) is 2. The van der Waals surface area contributed by atoms with Gasteiger partial charge in [-0.2, -0.15) is 0 Å². The largest absolute Gasteiger partial charge is 0.385 e. The van der Waals surface area contributed by atoms with Gasteiger partial charge in [-0.1, -0.05) is 63.8 Å². The summed E-state index contributed by atoms with van der Waals surface area (Å²) in [6.45, 7) is 5.08. The molecule has 0 atom stereocenters. The maximum Gasteiger partial charge on any atom is 0.0896 e. The summed E-state index contributed by atoms with van der Waals surface area (Å²) in [6, 6.07) is 8.47. The Kier molecular flexibility index (Phi) is 7.86. The van der Waals surface area contributed by atoms with Crippen molar-refractivity contribution in [2.45, 2.75) is 70.8 Å². The van der Waals surface area contributed by atoms with E-state index in [9.17, 15) is 5.11 Å². The predicted molar refractivity (Wildman–Crippen MR) is 86.8 cm³/mol. The third kappa shape index (κ3) is 5.26. The van der Waals surface area contributed by atoms with E-state index in [2.05, 4.69) is 38.1 Å². The Balaban J connectivity index is 2.87. The third-order valence-electron chi connectivity index (χ3n) is 4.02. The van der Waals surface area contributed by atoms with Gasteiger partial charge >= 0.3 is 0 Å². The molecule has 0 aromatic heterocycles. The lowest BCUT2D eigenvalue weighted by Gasteiger charge is -2.29. The van der Waals surface area contributed by atoms with Gasteiger partial charge in [0.15, 0.2) is 0 Å². The summed E-state index contributed by atoms with van der Waals surface area (Å²) in [5, 5.41) is 11.1. The molecule has 1 rings (SSSR count). The van der Waals surface area contributed by atoms with Crippen molar-refractivity contribution < 1.29 is 5.11 Å². The van der Waals surface area contributed by atoms with Crippen molar-refractivity contribution in [3.05, 3.63) is 35.4 Å². The Labute approximate surface area is 124 Å². The molecule has 0 radical (unpaired) electrons. The first kappa shape index (κ1) is 17.2. The summed E-state index contributed by atoms with van der Waals surface area (Å²) >= 11 is 0. The number of benzene rings is 1. The van der Waals surface area contributed by atoms with Gasteiger partial charge in [-0.25, -0.2) is 0 Å². The quantitative estimate of drug-likeness (QED) is 0.675. The van der Waals surface area contributed by atoms with Crippen LogP contribution >= 0.6 is 0 Å². The highest BCUT2D eigenvalue weighted by Gasteiger charge is 2.27. The van der Waals surface area contributed by atoms with E-state index < -0.39 is 5.60 Å². The SMILES string of the molecule is CCCCC(O)(CCCC)c1cccc(CCCN)c1. The molecule has 0 saturated heterocycles. The Hall–Kier alpha value is -0.860. The molecule has 0 saturated carbocycles. The van der Waals surface area contributed by atoms with Crippen molar-refractivity contribution in [3.63, 3.8) is 0 Å². The highest BCUT2D eigenvalue weighted by atomic mass is 16.3. The van der Waals surface area contributed by atoms with Gasteiger partial charge in [-0.3, -0.25) is 0 Å². The van der Waals surface area contributed by atoms with E-state index in [4.69, 9.17) is 5.73 Å². The fourth-order valence-corrected chi connectivity index (χ4v) is 2.67. The average molecular weight is 277 g/mol. The van der Waals surface area contributed by atoms with Gasteiger partial charge in [0, 0.05) is 0 Å². The lowest BCUT2D eigenvalue weighted by Crippen LogP contribution is -2.26. The highest BCUT2D eigenvalue weighted by molar-refractivity contribution is 5.28. The van der Waals surface area contributed by atoms with Crippen LogP contribution in [0.2, 0.25) is 0 Å². The van der Waals surface area contributed by atoms with Gasteiger partial charge in [-0.15, -0.1) is 0 Å². The monoisotopic (exact) mass is 277 g/mol. The van der Waals surface area contributed by atoms with Crippen molar-refractivity contribution in [1.82, 2.24) is 0 Å². The second kappa shape index (κ2) is 9.15. The van der Waals surface area contributed by atoms with Crippen LogP contribution in [0.3, 0.4) is 0 Å². The summed E-state index contributed by atoms with van der Waals surface area (Å²) in [5.74, 6) is 0. The maximum atomic E-state index is 11.1. The maximum absolute atomic E-state index is 11.1. The van der Waals surface area contributed by atoms with Crippen LogP contribution < -0.4 is 5.73 Å². The first-order valence-electron chi connectivity index (χ1n) is 8.18. The van der Waals surface area contributed by atoms with Crippen LogP contribution in [0.5, 0.6) is 0 Å². The molecule has 114 valence electrons. The van der Waals surface area contributed by atoms with Crippen molar-refractivity contribution in [2.75, 3.05) is 6.54 Å². The Morgan fingerprint density at radius 3 is 2.25 bits per heavy atom. The minimum absolute atomic E-state index is 0.648. The molecule has 2 heteroatoms. The molecule has 1 aromatic carbocycles. The molecule has 0 aliphatic rings. The van der Waals surface area contributed by atoms with Crippen molar-refractivity contribution in [2.24, 2.45) is 5.73 Å². The van der Waals surface area contributed by atoms with Crippen LogP contribution in [0.1, 0.15) is 69.9 Å². The number of aliphatic hydroxyl groups is 1. The lowest BCUT2D eigenvalue weighted by molar-refractivity contribution is 0.0141. The van der Waals surface area contributed by atoms with Crippen molar-refractivity contribution in [1.29, 1.82) is 0 Å². The molecule has 0 heterocycles. The van der Waals surface area contributed by atoms with Gasteiger partial charge in [0.1, 0.15) is 0 Å².